The fourth-order valence-electron chi connectivity index (χ4n) is 2.22. The lowest BCUT2D eigenvalue weighted by atomic mass is 9.90. The maximum absolute atomic E-state index is 9.08. The van der Waals surface area contributed by atoms with Crippen LogP contribution in [0.2, 0.25) is 0 Å². The van der Waals surface area contributed by atoms with Gasteiger partial charge in [0.1, 0.15) is 5.75 Å². The lowest BCUT2D eigenvalue weighted by molar-refractivity contribution is 0.274. The summed E-state index contributed by atoms with van der Waals surface area (Å²) in [6.45, 7) is 6.77. The molecular weight excluding hydrogens is 212 g/mol. The van der Waals surface area contributed by atoms with Gasteiger partial charge in [-0.05, 0) is 41.9 Å². The van der Waals surface area contributed by atoms with Crippen LogP contribution in [0.15, 0.2) is 18.2 Å². The van der Waals surface area contributed by atoms with E-state index in [1.165, 1.54) is 11.1 Å². The standard InChI is InChI=1S/C15H24O2/c1-5-12(8-9-16)13-6-7-15(17-4)14(10-13)11(2)3/h6-7,10-12,16H,5,8-9H2,1-4H3. The van der Waals surface area contributed by atoms with Crippen LogP contribution in [0.4, 0.5) is 0 Å². The summed E-state index contributed by atoms with van der Waals surface area (Å²) in [7, 11) is 1.71. The molecule has 1 N–H and O–H groups in total. The van der Waals surface area contributed by atoms with Crippen molar-refractivity contribution in [2.24, 2.45) is 0 Å². The summed E-state index contributed by atoms with van der Waals surface area (Å²) in [5, 5.41) is 9.08. The monoisotopic (exact) mass is 236 g/mol. The lowest BCUT2D eigenvalue weighted by Gasteiger charge is -2.18. The summed E-state index contributed by atoms with van der Waals surface area (Å²) in [4.78, 5) is 0. The van der Waals surface area contributed by atoms with Crippen molar-refractivity contribution in [1.82, 2.24) is 0 Å². The highest BCUT2D eigenvalue weighted by Gasteiger charge is 2.13. The smallest absolute Gasteiger partial charge is 0.122 e. The molecule has 0 saturated heterocycles. The van der Waals surface area contributed by atoms with Crippen molar-refractivity contribution >= 4 is 0 Å². The van der Waals surface area contributed by atoms with Gasteiger partial charge >= 0.3 is 0 Å². The van der Waals surface area contributed by atoms with Crippen LogP contribution >= 0.6 is 0 Å². The van der Waals surface area contributed by atoms with Gasteiger partial charge in [0.15, 0.2) is 0 Å². The first-order valence-corrected chi connectivity index (χ1v) is 6.42. The third-order valence-electron chi connectivity index (χ3n) is 3.32. The van der Waals surface area contributed by atoms with Gasteiger partial charge in [0.2, 0.25) is 0 Å². The van der Waals surface area contributed by atoms with Crippen molar-refractivity contribution in [1.29, 1.82) is 0 Å². The predicted molar refractivity (Wildman–Crippen MR) is 71.8 cm³/mol. The van der Waals surface area contributed by atoms with E-state index in [1.807, 2.05) is 6.07 Å². The van der Waals surface area contributed by atoms with E-state index in [0.717, 1.165) is 18.6 Å². The molecule has 1 aromatic rings. The van der Waals surface area contributed by atoms with E-state index < -0.39 is 0 Å². The summed E-state index contributed by atoms with van der Waals surface area (Å²) in [6, 6.07) is 6.40. The molecule has 1 aromatic carbocycles. The van der Waals surface area contributed by atoms with E-state index in [4.69, 9.17) is 9.84 Å². The van der Waals surface area contributed by atoms with Crippen molar-refractivity contribution in [3.05, 3.63) is 29.3 Å². The number of methoxy groups -OCH3 is 1. The summed E-state index contributed by atoms with van der Waals surface area (Å²) >= 11 is 0. The number of aliphatic hydroxyl groups excluding tert-OH is 1. The molecule has 1 atom stereocenters. The average molecular weight is 236 g/mol. The fraction of sp³-hybridized carbons (Fsp3) is 0.600. The topological polar surface area (TPSA) is 29.5 Å². The van der Waals surface area contributed by atoms with Gasteiger partial charge in [-0.25, -0.2) is 0 Å². The molecule has 0 aliphatic heterocycles. The molecule has 0 spiro atoms. The summed E-state index contributed by atoms with van der Waals surface area (Å²) in [5.41, 5.74) is 2.56. The van der Waals surface area contributed by atoms with Gasteiger partial charge in [-0.2, -0.15) is 0 Å². The number of benzene rings is 1. The van der Waals surface area contributed by atoms with E-state index in [-0.39, 0.29) is 6.61 Å². The number of hydrogen-bond donors (Lipinski definition) is 1. The van der Waals surface area contributed by atoms with Gasteiger partial charge < -0.3 is 9.84 Å². The first-order valence-electron chi connectivity index (χ1n) is 6.42. The fourth-order valence-corrected chi connectivity index (χ4v) is 2.22. The Morgan fingerprint density at radius 3 is 2.47 bits per heavy atom. The van der Waals surface area contributed by atoms with E-state index in [2.05, 4.69) is 32.9 Å². The molecule has 0 heterocycles. The quantitative estimate of drug-likeness (QED) is 0.816. The molecule has 2 heteroatoms. The van der Waals surface area contributed by atoms with Crippen LogP contribution in [0, 0.1) is 0 Å². The van der Waals surface area contributed by atoms with Crippen LogP contribution in [0.1, 0.15) is 56.6 Å². The SMILES string of the molecule is CCC(CCO)c1ccc(OC)c(C(C)C)c1. The van der Waals surface area contributed by atoms with Gasteiger partial charge in [-0.15, -0.1) is 0 Å². The average Bonchev–Trinajstić information content (AvgIpc) is 2.35. The van der Waals surface area contributed by atoms with Gasteiger partial charge in [0.05, 0.1) is 7.11 Å². The molecule has 0 radical (unpaired) electrons. The molecule has 2 nitrogen and oxygen atoms in total. The van der Waals surface area contributed by atoms with Crippen LogP contribution in [-0.2, 0) is 0 Å². The van der Waals surface area contributed by atoms with Crippen molar-refractivity contribution in [2.45, 2.75) is 45.4 Å². The van der Waals surface area contributed by atoms with Gasteiger partial charge in [-0.3, -0.25) is 0 Å². The molecule has 0 fully saturated rings. The number of rotatable bonds is 6. The zero-order valence-corrected chi connectivity index (χ0v) is 11.4. The molecule has 0 aliphatic rings. The van der Waals surface area contributed by atoms with Crippen LogP contribution < -0.4 is 4.74 Å². The lowest BCUT2D eigenvalue weighted by Crippen LogP contribution is -2.03. The minimum Gasteiger partial charge on any atom is -0.496 e. The Labute approximate surface area is 105 Å². The van der Waals surface area contributed by atoms with Crippen LogP contribution in [0.25, 0.3) is 0 Å². The molecule has 0 saturated carbocycles. The second-order valence-corrected chi connectivity index (χ2v) is 4.77. The van der Waals surface area contributed by atoms with Gasteiger partial charge in [0, 0.05) is 6.61 Å². The highest BCUT2D eigenvalue weighted by Crippen LogP contribution is 2.32. The zero-order valence-electron chi connectivity index (χ0n) is 11.4. The van der Waals surface area contributed by atoms with E-state index in [1.54, 1.807) is 7.11 Å². The second-order valence-electron chi connectivity index (χ2n) is 4.77. The number of ether oxygens (including phenoxy) is 1. The molecule has 17 heavy (non-hydrogen) atoms. The van der Waals surface area contributed by atoms with Crippen molar-refractivity contribution in [3.63, 3.8) is 0 Å². The highest BCUT2D eigenvalue weighted by atomic mass is 16.5. The van der Waals surface area contributed by atoms with E-state index in [9.17, 15) is 0 Å². The molecule has 0 aliphatic carbocycles. The minimum absolute atomic E-state index is 0.252. The van der Waals surface area contributed by atoms with Crippen LogP contribution in [0.5, 0.6) is 5.75 Å². The molecule has 0 bridgehead atoms. The zero-order chi connectivity index (χ0) is 12.8. The largest absolute Gasteiger partial charge is 0.496 e. The molecular formula is C15H24O2. The summed E-state index contributed by atoms with van der Waals surface area (Å²) in [5.74, 6) is 1.86. The Kier molecular flexibility index (Phi) is 5.49. The summed E-state index contributed by atoms with van der Waals surface area (Å²) in [6.07, 6.45) is 1.89. The molecule has 96 valence electrons. The van der Waals surface area contributed by atoms with E-state index >= 15 is 0 Å². The Bertz CT molecular complexity index is 345. The maximum Gasteiger partial charge on any atom is 0.122 e. The number of aliphatic hydroxyl groups is 1. The van der Waals surface area contributed by atoms with Crippen LogP contribution in [0.3, 0.4) is 0 Å². The first kappa shape index (κ1) is 14.0. The minimum atomic E-state index is 0.252. The first-order chi connectivity index (χ1) is 8.13. The second kappa shape index (κ2) is 6.65. The Balaban J connectivity index is 3.05. The van der Waals surface area contributed by atoms with Crippen molar-refractivity contribution in [3.8, 4) is 5.75 Å². The molecule has 1 unspecified atom stereocenters. The Morgan fingerprint density at radius 1 is 1.29 bits per heavy atom. The van der Waals surface area contributed by atoms with Crippen molar-refractivity contribution < 1.29 is 9.84 Å². The van der Waals surface area contributed by atoms with Gasteiger partial charge in [-0.1, -0.05) is 32.9 Å². The third-order valence-corrected chi connectivity index (χ3v) is 3.32. The molecule has 0 aromatic heterocycles. The highest BCUT2D eigenvalue weighted by molar-refractivity contribution is 5.40. The predicted octanol–water partition coefficient (Wildman–Crippen LogP) is 3.69. The third kappa shape index (κ3) is 3.47. The van der Waals surface area contributed by atoms with Gasteiger partial charge in [0.25, 0.3) is 0 Å². The molecule has 1 rings (SSSR count). The van der Waals surface area contributed by atoms with Crippen LogP contribution in [-0.4, -0.2) is 18.8 Å². The maximum atomic E-state index is 9.08. The van der Waals surface area contributed by atoms with E-state index in [0.29, 0.717) is 11.8 Å². The Hall–Kier alpha value is -1.02. The molecule has 0 amide bonds. The summed E-state index contributed by atoms with van der Waals surface area (Å²) < 4.78 is 5.39. The Morgan fingerprint density at radius 2 is 2.00 bits per heavy atom. The normalized spacial score (nSPS) is 12.8. The number of hydrogen-bond acceptors (Lipinski definition) is 2. The van der Waals surface area contributed by atoms with Crippen molar-refractivity contribution in [2.75, 3.05) is 13.7 Å².